The summed E-state index contributed by atoms with van der Waals surface area (Å²) >= 11 is 5.78. The Morgan fingerprint density at radius 2 is 1.95 bits per heavy atom. The molecule has 5 nitrogen and oxygen atoms in total. The summed E-state index contributed by atoms with van der Waals surface area (Å²) in [5, 5.41) is 2.57. The molecule has 2 rings (SSSR count). The van der Waals surface area contributed by atoms with Crippen LogP contribution in [0.3, 0.4) is 0 Å². The minimum atomic E-state index is -0.654. The van der Waals surface area contributed by atoms with Gasteiger partial charge in [-0.3, -0.25) is 9.59 Å². The van der Waals surface area contributed by atoms with Gasteiger partial charge in [-0.15, -0.1) is 0 Å². The maximum Gasteiger partial charge on any atom is 0.262 e. The maximum absolute atomic E-state index is 12.9. The van der Waals surface area contributed by atoms with Crippen LogP contribution in [0.25, 0.3) is 0 Å². The predicted molar refractivity (Wildman–Crippen MR) is 80.5 cm³/mol. The third-order valence-electron chi connectivity index (χ3n) is 2.72. The summed E-state index contributed by atoms with van der Waals surface area (Å²) in [5.74, 6) is -1.48. The summed E-state index contributed by atoms with van der Waals surface area (Å²) in [4.78, 5) is 23.1. The van der Waals surface area contributed by atoms with Crippen LogP contribution < -0.4 is 15.8 Å². The summed E-state index contributed by atoms with van der Waals surface area (Å²) in [7, 11) is 0. The van der Waals surface area contributed by atoms with E-state index in [4.69, 9.17) is 22.1 Å². The predicted octanol–water partition coefficient (Wildman–Crippen LogP) is 2.60. The van der Waals surface area contributed by atoms with Crippen molar-refractivity contribution in [1.29, 1.82) is 0 Å². The third kappa shape index (κ3) is 3.95. The number of carbonyl (C=O) groups is 2. The van der Waals surface area contributed by atoms with Gasteiger partial charge in [0.25, 0.3) is 11.8 Å². The number of benzene rings is 2. The molecule has 0 fully saturated rings. The second kappa shape index (κ2) is 6.91. The van der Waals surface area contributed by atoms with Gasteiger partial charge < -0.3 is 15.8 Å². The van der Waals surface area contributed by atoms with Gasteiger partial charge in [0.1, 0.15) is 11.6 Å². The number of para-hydroxylation sites is 1. The minimum Gasteiger partial charge on any atom is -0.482 e. The molecular weight excluding hydrogens is 311 g/mol. The molecule has 22 heavy (non-hydrogen) atoms. The molecule has 0 aliphatic rings. The highest BCUT2D eigenvalue weighted by molar-refractivity contribution is 6.32. The zero-order valence-corrected chi connectivity index (χ0v) is 12.1. The number of nitrogens with one attached hydrogen (secondary N) is 1. The van der Waals surface area contributed by atoms with Crippen molar-refractivity contribution in [2.75, 3.05) is 11.9 Å². The van der Waals surface area contributed by atoms with Crippen molar-refractivity contribution in [3.63, 3.8) is 0 Å². The van der Waals surface area contributed by atoms with E-state index in [1.165, 1.54) is 18.2 Å². The fourth-order valence-electron chi connectivity index (χ4n) is 1.73. The molecule has 0 bridgehead atoms. The molecule has 0 spiro atoms. The second-order valence-electron chi connectivity index (χ2n) is 4.32. The van der Waals surface area contributed by atoms with E-state index >= 15 is 0 Å². The van der Waals surface area contributed by atoms with Gasteiger partial charge in [-0.1, -0.05) is 23.7 Å². The number of anilines is 1. The SMILES string of the molecule is NC(=O)c1ccccc1NC(=O)COc1ccc(F)cc1Cl. The second-order valence-corrected chi connectivity index (χ2v) is 4.73. The first-order valence-corrected chi connectivity index (χ1v) is 6.61. The van der Waals surface area contributed by atoms with Crippen LogP contribution in [0.4, 0.5) is 10.1 Å². The van der Waals surface area contributed by atoms with Gasteiger partial charge >= 0.3 is 0 Å². The topological polar surface area (TPSA) is 81.4 Å². The van der Waals surface area contributed by atoms with Crippen LogP contribution in [0.2, 0.25) is 5.02 Å². The maximum atomic E-state index is 12.9. The van der Waals surface area contributed by atoms with Crippen molar-refractivity contribution in [2.45, 2.75) is 0 Å². The minimum absolute atomic E-state index is 0.0605. The molecule has 0 heterocycles. The molecule has 0 unspecified atom stereocenters. The lowest BCUT2D eigenvalue weighted by molar-refractivity contribution is -0.118. The van der Waals surface area contributed by atoms with Gasteiger partial charge in [0.15, 0.2) is 6.61 Å². The Balaban J connectivity index is 2.00. The van der Waals surface area contributed by atoms with Crippen molar-refractivity contribution in [2.24, 2.45) is 5.73 Å². The zero-order valence-electron chi connectivity index (χ0n) is 11.3. The van der Waals surface area contributed by atoms with Crippen LogP contribution in [0, 0.1) is 5.82 Å². The van der Waals surface area contributed by atoms with E-state index in [9.17, 15) is 14.0 Å². The van der Waals surface area contributed by atoms with E-state index in [-0.39, 0.29) is 28.6 Å². The van der Waals surface area contributed by atoms with Crippen molar-refractivity contribution >= 4 is 29.1 Å². The van der Waals surface area contributed by atoms with Gasteiger partial charge in [-0.05, 0) is 30.3 Å². The van der Waals surface area contributed by atoms with E-state index in [1.807, 2.05) is 0 Å². The molecule has 2 amide bonds. The van der Waals surface area contributed by atoms with Gasteiger partial charge in [0, 0.05) is 0 Å². The van der Waals surface area contributed by atoms with E-state index < -0.39 is 17.6 Å². The lowest BCUT2D eigenvalue weighted by Gasteiger charge is -2.10. The highest BCUT2D eigenvalue weighted by Gasteiger charge is 2.11. The highest BCUT2D eigenvalue weighted by atomic mass is 35.5. The third-order valence-corrected chi connectivity index (χ3v) is 3.01. The normalized spacial score (nSPS) is 10.1. The fourth-order valence-corrected chi connectivity index (χ4v) is 1.95. The fraction of sp³-hybridized carbons (Fsp3) is 0.0667. The first kappa shape index (κ1) is 15.8. The molecular formula is C15H12ClFN2O3. The number of ether oxygens (including phenoxy) is 1. The Kier molecular flexibility index (Phi) is 4.95. The van der Waals surface area contributed by atoms with Crippen LogP contribution in [0.15, 0.2) is 42.5 Å². The Bertz CT molecular complexity index is 722. The Morgan fingerprint density at radius 3 is 2.64 bits per heavy atom. The smallest absolute Gasteiger partial charge is 0.262 e. The van der Waals surface area contributed by atoms with Crippen LogP contribution in [0.5, 0.6) is 5.75 Å². The van der Waals surface area contributed by atoms with Crippen LogP contribution in [0.1, 0.15) is 10.4 Å². The number of nitrogens with two attached hydrogens (primary N) is 1. The van der Waals surface area contributed by atoms with Gasteiger partial charge in [0.2, 0.25) is 0 Å². The lowest BCUT2D eigenvalue weighted by atomic mass is 10.1. The number of hydrogen-bond acceptors (Lipinski definition) is 3. The van der Waals surface area contributed by atoms with Gasteiger partial charge in [0.05, 0.1) is 16.3 Å². The zero-order chi connectivity index (χ0) is 16.1. The molecule has 0 aromatic heterocycles. The van der Waals surface area contributed by atoms with E-state index in [1.54, 1.807) is 18.2 Å². The largest absolute Gasteiger partial charge is 0.482 e. The number of hydrogen-bond donors (Lipinski definition) is 2. The summed E-state index contributed by atoms with van der Waals surface area (Å²) in [6.07, 6.45) is 0. The molecule has 2 aromatic carbocycles. The number of halogens is 2. The molecule has 3 N–H and O–H groups in total. The van der Waals surface area contributed by atoms with Crippen LogP contribution >= 0.6 is 11.6 Å². The van der Waals surface area contributed by atoms with Gasteiger partial charge in [-0.2, -0.15) is 0 Å². The highest BCUT2D eigenvalue weighted by Crippen LogP contribution is 2.24. The number of amides is 2. The van der Waals surface area contributed by atoms with E-state index in [0.717, 1.165) is 6.07 Å². The summed E-state index contributed by atoms with van der Waals surface area (Å²) < 4.78 is 18.1. The van der Waals surface area contributed by atoms with E-state index in [0.29, 0.717) is 0 Å². The summed E-state index contributed by atoms with van der Waals surface area (Å²) in [6, 6.07) is 9.89. The van der Waals surface area contributed by atoms with Crippen LogP contribution in [-0.2, 0) is 4.79 Å². The molecule has 7 heteroatoms. The number of rotatable bonds is 5. The molecule has 0 saturated carbocycles. The van der Waals surface area contributed by atoms with Crippen molar-refractivity contribution < 1.29 is 18.7 Å². The molecule has 0 atom stereocenters. The summed E-state index contributed by atoms with van der Waals surface area (Å²) in [6.45, 7) is -0.349. The first-order valence-electron chi connectivity index (χ1n) is 6.24. The number of primary amides is 1. The Labute approximate surface area is 130 Å². The molecule has 0 radical (unpaired) electrons. The molecule has 0 aliphatic carbocycles. The monoisotopic (exact) mass is 322 g/mol. The van der Waals surface area contributed by atoms with Crippen LogP contribution in [-0.4, -0.2) is 18.4 Å². The Hall–Kier alpha value is -2.60. The van der Waals surface area contributed by atoms with Crippen molar-refractivity contribution in [1.82, 2.24) is 0 Å². The average Bonchev–Trinajstić information content (AvgIpc) is 2.46. The van der Waals surface area contributed by atoms with Gasteiger partial charge in [-0.25, -0.2) is 4.39 Å². The first-order chi connectivity index (χ1) is 10.5. The standard InChI is InChI=1S/C15H12ClFN2O3/c16-11-7-9(17)5-6-13(11)22-8-14(20)19-12-4-2-1-3-10(12)15(18)21/h1-7H,8H2,(H2,18,21)(H,19,20). The molecule has 0 aliphatic heterocycles. The quantitative estimate of drug-likeness (QED) is 0.887. The molecule has 0 saturated heterocycles. The number of carbonyl (C=O) groups excluding carboxylic acids is 2. The van der Waals surface area contributed by atoms with Crippen molar-refractivity contribution in [3.05, 3.63) is 58.9 Å². The molecule has 2 aromatic rings. The Morgan fingerprint density at radius 1 is 1.23 bits per heavy atom. The molecule has 114 valence electrons. The summed E-state index contributed by atoms with van der Waals surface area (Å²) in [5.41, 5.74) is 5.69. The van der Waals surface area contributed by atoms with Crippen molar-refractivity contribution in [3.8, 4) is 5.75 Å². The lowest BCUT2D eigenvalue weighted by Crippen LogP contribution is -2.23. The average molecular weight is 323 g/mol. The van der Waals surface area contributed by atoms with E-state index in [2.05, 4.69) is 5.32 Å².